The van der Waals surface area contributed by atoms with E-state index in [-0.39, 0.29) is 17.3 Å². The Hall–Kier alpha value is -3.97. The van der Waals surface area contributed by atoms with Gasteiger partial charge >= 0.3 is 6.18 Å². The van der Waals surface area contributed by atoms with Gasteiger partial charge in [0.25, 0.3) is 0 Å². The van der Waals surface area contributed by atoms with Crippen molar-refractivity contribution in [3.8, 4) is 28.5 Å². The molecule has 4 aromatic rings. The molecule has 0 saturated heterocycles. The molecule has 0 aromatic carbocycles. The van der Waals surface area contributed by atoms with Crippen molar-refractivity contribution in [2.75, 3.05) is 24.2 Å². The zero-order valence-corrected chi connectivity index (χ0v) is 22.9. The summed E-state index contributed by atoms with van der Waals surface area (Å²) in [5, 5.41) is 17.7. The van der Waals surface area contributed by atoms with E-state index in [1.54, 1.807) is 36.3 Å². The molecule has 10 nitrogen and oxygen atoms in total. The highest BCUT2D eigenvalue weighted by Gasteiger charge is 2.51. The fourth-order valence-electron chi connectivity index (χ4n) is 3.69. The quantitative estimate of drug-likeness (QED) is 0.239. The highest BCUT2D eigenvalue weighted by Crippen LogP contribution is 2.39. The number of nitrogens with zero attached hydrogens (tertiary/aromatic N) is 6. The smallest absolute Gasteiger partial charge is 0.421 e. The second-order valence-corrected chi connectivity index (χ2v) is 10.5. The van der Waals surface area contributed by atoms with Crippen molar-refractivity contribution in [2.45, 2.75) is 32.5 Å². The Morgan fingerprint density at radius 3 is 2.45 bits per heavy atom. The minimum atomic E-state index is -4.85. The average molecular weight is 577 g/mol. The minimum absolute atomic E-state index is 0.221. The first-order chi connectivity index (χ1) is 18.7. The number of nitrogen functional groups attached to an aromatic ring is 1. The van der Waals surface area contributed by atoms with Crippen LogP contribution in [-0.4, -0.2) is 54.2 Å². The van der Waals surface area contributed by atoms with Gasteiger partial charge in [-0.2, -0.15) is 18.3 Å². The van der Waals surface area contributed by atoms with Gasteiger partial charge in [0.2, 0.25) is 5.88 Å². The Morgan fingerprint density at radius 2 is 1.80 bits per heavy atom. The maximum Gasteiger partial charge on any atom is 0.421 e. The van der Waals surface area contributed by atoms with Crippen LogP contribution in [0.4, 0.5) is 24.7 Å². The number of aliphatic hydroxyl groups is 1. The SMILES string of the molecule is Cn1ncc(-c2nccc(N)n2)c1OCC(C)(C)CNc1cc(Cl)ncc1-c1ccc(C(C)(O)C(F)(F)F)cn1. The molecule has 0 aliphatic rings. The van der Waals surface area contributed by atoms with E-state index in [1.165, 1.54) is 18.3 Å². The van der Waals surface area contributed by atoms with Crippen LogP contribution in [0.1, 0.15) is 26.3 Å². The number of hydrogen-bond donors (Lipinski definition) is 3. The van der Waals surface area contributed by atoms with Crippen molar-refractivity contribution in [1.82, 2.24) is 29.7 Å². The summed E-state index contributed by atoms with van der Waals surface area (Å²) < 4.78 is 47.4. The van der Waals surface area contributed by atoms with Crippen molar-refractivity contribution in [2.24, 2.45) is 12.5 Å². The van der Waals surface area contributed by atoms with Crippen molar-refractivity contribution in [3.05, 3.63) is 59.8 Å². The summed E-state index contributed by atoms with van der Waals surface area (Å²) in [6.07, 6.45) is 0.782. The number of hydrogen-bond acceptors (Lipinski definition) is 9. The first-order valence-corrected chi connectivity index (χ1v) is 12.4. The highest BCUT2D eigenvalue weighted by atomic mass is 35.5. The van der Waals surface area contributed by atoms with E-state index >= 15 is 0 Å². The van der Waals surface area contributed by atoms with Crippen LogP contribution >= 0.6 is 11.6 Å². The zero-order chi connectivity index (χ0) is 29.3. The molecule has 0 aliphatic carbocycles. The van der Waals surface area contributed by atoms with E-state index in [1.807, 2.05) is 13.8 Å². The maximum atomic E-state index is 13.2. The summed E-state index contributed by atoms with van der Waals surface area (Å²) in [7, 11) is 1.74. The molecule has 4 aromatic heterocycles. The summed E-state index contributed by atoms with van der Waals surface area (Å²) in [4.78, 5) is 16.7. The third kappa shape index (κ3) is 6.26. The normalized spacial score (nSPS) is 13.6. The van der Waals surface area contributed by atoms with Crippen LogP contribution in [0, 0.1) is 5.41 Å². The molecule has 40 heavy (non-hydrogen) atoms. The van der Waals surface area contributed by atoms with Crippen LogP contribution in [0.3, 0.4) is 0 Å². The van der Waals surface area contributed by atoms with E-state index < -0.39 is 17.2 Å². The lowest BCUT2D eigenvalue weighted by Crippen LogP contribution is -2.39. The fourth-order valence-corrected chi connectivity index (χ4v) is 3.85. The molecule has 0 bridgehead atoms. The number of pyridine rings is 2. The molecule has 0 fully saturated rings. The van der Waals surface area contributed by atoms with E-state index in [4.69, 9.17) is 22.1 Å². The first-order valence-electron chi connectivity index (χ1n) is 12.1. The Morgan fingerprint density at radius 1 is 1.05 bits per heavy atom. The minimum Gasteiger partial charge on any atom is -0.477 e. The predicted molar refractivity (Wildman–Crippen MR) is 145 cm³/mol. The van der Waals surface area contributed by atoms with E-state index in [0.717, 1.165) is 6.20 Å². The van der Waals surface area contributed by atoms with Gasteiger partial charge < -0.3 is 20.9 Å². The van der Waals surface area contributed by atoms with Gasteiger partial charge in [-0.3, -0.25) is 4.98 Å². The molecule has 0 aliphatic heterocycles. The lowest BCUT2D eigenvalue weighted by atomic mass is 9.94. The number of alkyl halides is 3. The van der Waals surface area contributed by atoms with E-state index in [2.05, 4.69) is 30.4 Å². The first kappa shape index (κ1) is 29.0. The van der Waals surface area contributed by atoms with Gasteiger partial charge in [-0.05, 0) is 25.1 Å². The Balaban J connectivity index is 1.49. The third-order valence-electron chi connectivity index (χ3n) is 6.18. The van der Waals surface area contributed by atoms with Gasteiger partial charge in [0.1, 0.15) is 16.5 Å². The summed E-state index contributed by atoms with van der Waals surface area (Å²) in [5.74, 6) is 1.20. The molecule has 4 N–H and O–H groups in total. The van der Waals surface area contributed by atoms with Crippen LogP contribution in [-0.2, 0) is 12.6 Å². The molecule has 1 unspecified atom stereocenters. The van der Waals surface area contributed by atoms with E-state index in [0.29, 0.717) is 53.5 Å². The van der Waals surface area contributed by atoms with Gasteiger partial charge in [0.05, 0.1) is 18.5 Å². The van der Waals surface area contributed by atoms with Gasteiger partial charge in [-0.25, -0.2) is 19.6 Å². The number of nitrogens with two attached hydrogens (primary N) is 1. The van der Waals surface area contributed by atoms with Gasteiger partial charge in [0, 0.05) is 54.4 Å². The second kappa shape index (κ2) is 10.9. The second-order valence-electron chi connectivity index (χ2n) is 10.2. The number of rotatable bonds is 9. The Kier molecular flexibility index (Phi) is 7.90. The third-order valence-corrected chi connectivity index (χ3v) is 6.39. The largest absolute Gasteiger partial charge is 0.477 e. The molecule has 4 heterocycles. The predicted octanol–water partition coefficient (Wildman–Crippen LogP) is 4.86. The number of aryl methyl sites for hydroxylation is 1. The van der Waals surface area contributed by atoms with Crippen LogP contribution in [0.2, 0.25) is 5.15 Å². The fraction of sp³-hybridized carbons (Fsp3) is 0.346. The highest BCUT2D eigenvalue weighted by molar-refractivity contribution is 6.29. The lowest BCUT2D eigenvalue weighted by molar-refractivity contribution is -0.259. The molecule has 1 atom stereocenters. The molecule has 0 saturated carbocycles. The number of aromatic nitrogens is 6. The van der Waals surface area contributed by atoms with Crippen molar-refractivity contribution < 1.29 is 23.0 Å². The summed E-state index contributed by atoms with van der Waals surface area (Å²) in [6.45, 7) is 5.36. The van der Waals surface area contributed by atoms with Crippen molar-refractivity contribution >= 4 is 23.1 Å². The molecular formula is C26H28ClF3N8O2. The Bertz CT molecular complexity index is 1490. The molecular weight excluding hydrogens is 549 g/mol. The van der Waals surface area contributed by atoms with Crippen molar-refractivity contribution in [3.63, 3.8) is 0 Å². The van der Waals surface area contributed by atoms with Crippen LogP contribution in [0.15, 0.2) is 49.1 Å². The molecule has 14 heteroatoms. The molecule has 4 rings (SSSR count). The standard InChI is InChI=1S/C26H28ClF3N8O2/c1-24(2,14-40-23-17(12-36-38(23)4)22-32-8-7-21(31)37-22)13-35-19-9-20(27)34-11-16(19)18-6-5-15(10-33-18)25(3,39)26(28,29)30/h5-12,39H,13-14H2,1-4H3,(H,34,35)(H2,31,32,37). The number of ether oxygens (including phenoxy) is 1. The molecule has 212 valence electrons. The summed E-state index contributed by atoms with van der Waals surface area (Å²) in [5.41, 5.74) is 4.01. The zero-order valence-electron chi connectivity index (χ0n) is 22.2. The number of anilines is 2. The van der Waals surface area contributed by atoms with Gasteiger partial charge in [-0.1, -0.05) is 31.5 Å². The van der Waals surface area contributed by atoms with Crippen molar-refractivity contribution in [1.29, 1.82) is 0 Å². The van der Waals surface area contributed by atoms with Crippen LogP contribution < -0.4 is 15.8 Å². The number of nitrogens with one attached hydrogen (secondary N) is 1. The monoisotopic (exact) mass is 576 g/mol. The van der Waals surface area contributed by atoms with Gasteiger partial charge in [0.15, 0.2) is 11.4 Å². The Labute approximate surface area is 233 Å². The topological polar surface area (TPSA) is 137 Å². The summed E-state index contributed by atoms with van der Waals surface area (Å²) >= 11 is 6.14. The van der Waals surface area contributed by atoms with Crippen LogP contribution in [0.25, 0.3) is 22.6 Å². The average Bonchev–Trinajstić information content (AvgIpc) is 3.26. The molecule has 0 amide bonds. The van der Waals surface area contributed by atoms with E-state index in [9.17, 15) is 18.3 Å². The van der Waals surface area contributed by atoms with Gasteiger partial charge in [-0.15, -0.1) is 0 Å². The lowest BCUT2D eigenvalue weighted by Gasteiger charge is -2.27. The van der Waals surface area contributed by atoms with Crippen LogP contribution in [0.5, 0.6) is 5.88 Å². The molecule has 0 radical (unpaired) electrons. The maximum absolute atomic E-state index is 13.2. The molecule has 0 spiro atoms. The number of halogens is 4. The summed E-state index contributed by atoms with van der Waals surface area (Å²) in [6, 6.07) is 5.76.